The molecule has 0 unspecified atom stereocenters. The Kier molecular flexibility index (Phi) is 8.54. The second-order valence-corrected chi connectivity index (χ2v) is 1.78. The number of carbonyl (C=O) groups is 2. The third-order valence-electron chi connectivity index (χ3n) is 1.03. The molecule has 0 aliphatic carbocycles. The van der Waals surface area contributed by atoms with Gasteiger partial charge in [-0.3, -0.25) is 9.59 Å². The van der Waals surface area contributed by atoms with Crippen molar-refractivity contribution < 1.29 is 22.7 Å². The van der Waals surface area contributed by atoms with Gasteiger partial charge in [-0.05, 0) is 7.05 Å². The van der Waals surface area contributed by atoms with Crippen molar-refractivity contribution in [1.29, 1.82) is 0 Å². The summed E-state index contributed by atoms with van der Waals surface area (Å²) in [5, 5.41) is 18.8. The monoisotopic (exact) mass is 189 g/mol. The van der Waals surface area contributed by atoms with Gasteiger partial charge in [-0.1, -0.05) is 0 Å². The smallest absolute Gasteiger partial charge is 1.00 e. The number of carboxylic acids is 2. The Morgan fingerprint density at radius 2 is 2.00 bits per heavy atom. The molecule has 0 amide bonds. The van der Waals surface area contributed by atoms with E-state index in [0.717, 1.165) is 0 Å². The average Bonchev–Trinajstić information content (AvgIpc) is 1.81. The fourth-order valence-electron chi connectivity index (χ4n) is 0.487. The molecule has 0 aliphatic heterocycles. The Bertz CT molecular complexity index is 157. The van der Waals surface area contributed by atoms with Crippen LogP contribution >= 0.6 is 0 Å². The molecule has 0 aliphatic rings. The van der Waals surface area contributed by atoms with Crippen LogP contribution < -0.4 is 5.32 Å². The molecule has 0 saturated heterocycles. The summed E-state index contributed by atoms with van der Waals surface area (Å²) in [5.74, 6) is -2.27. The number of rotatable bonds is 4. The molecule has 0 bridgehead atoms. The van der Waals surface area contributed by atoms with E-state index >= 15 is 0 Å². The zero-order chi connectivity index (χ0) is 8.15. The van der Waals surface area contributed by atoms with Crippen molar-refractivity contribution in [2.75, 3.05) is 7.05 Å². The molecule has 1 atom stereocenters. The fourth-order valence-corrected chi connectivity index (χ4v) is 0.487. The standard InChI is InChI=1S/C5H9NO4.Ca.2H/c1-6-3(5(9)10)2-4(7)8;;;/h3,6H,2H2,1H3,(H,7,8)(H,9,10);;;/q;+2;2*-1/t3-;;;/m1.../s1. The van der Waals surface area contributed by atoms with Gasteiger partial charge in [-0.2, -0.15) is 0 Å². The van der Waals surface area contributed by atoms with Crippen molar-refractivity contribution in [2.24, 2.45) is 0 Å². The molecule has 62 valence electrons. The Morgan fingerprint density at radius 3 is 2.09 bits per heavy atom. The predicted molar refractivity (Wildman–Crippen MR) is 40.7 cm³/mol. The van der Waals surface area contributed by atoms with Gasteiger partial charge in [0.25, 0.3) is 0 Å². The minimum Gasteiger partial charge on any atom is -1.00 e. The number of likely N-dealkylation sites (N-methyl/N-ethyl adjacent to an activating group) is 1. The molecule has 0 radical (unpaired) electrons. The number of hydrogen-bond acceptors (Lipinski definition) is 3. The van der Waals surface area contributed by atoms with E-state index in [1.165, 1.54) is 7.05 Å². The molecule has 11 heavy (non-hydrogen) atoms. The maximum atomic E-state index is 10.1. The Hall–Kier alpha value is 0.160. The van der Waals surface area contributed by atoms with E-state index in [9.17, 15) is 9.59 Å². The summed E-state index contributed by atoms with van der Waals surface area (Å²) >= 11 is 0. The van der Waals surface area contributed by atoms with Crippen LogP contribution in [0.1, 0.15) is 9.27 Å². The van der Waals surface area contributed by atoms with E-state index < -0.39 is 24.4 Å². The SMILES string of the molecule is CN[C@H](CC(=O)O)C(=O)O.[Ca+2].[H-].[H-]. The van der Waals surface area contributed by atoms with Crippen LogP contribution in [0.25, 0.3) is 0 Å². The van der Waals surface area contributed by atoms with Crippen molar-refractivity contribution in [2.45, 2.75) is 12.5 Å². The van der Waals surface area contributed by atoms with Crippen molar-refractivity contribution in [3.8, 4) is 0 Å². The predicted octanol–water partition coefficient (Wildman–Crippen LogP) is -1.02. The van der Waals surface area contributed by atoms with Crippen LogP contribution in [0, 0.1) is 0 Å². The van der Waals surface area contributed by atoms with Gasteiger partial charge in [-0.25, -0.2) is 0 Å². The van der Waals surface area contributed by atoms with Gasteiger partial charge in [0.2, 0.25) is 0 Å². The van der Waals surface area contributed by atoms with E-state index in [-0.39, 0.29) is 40.6 Å². The third-order valence-corrected chi connectivity index (χ3v) is 1.03. The van der Waals surface area contributed by atoms with Crippen LogP contribution in [0.15, 0.2) is 0 Å². The topological polar surface area (TPSA) is 86.6 Å². The van der Waals surface area contributed by atoms with E-state index in [4.69, 9.17) is 10.2 Å². The molecule has 0 aromatic carbocycles. The zero-order valence-electron chi connectivity index (χ0n) is 8.20. The number of aliphatic carboxylic acids is 2. The van der Waals surface area contributed by atoms with E-state index in [0.29, 0.717) is 0 Å². The maximum absolute atomic E-state index is 10.1. The first-order chi connectivity index (χ1) is 4.57. The first kappa shape index (κ1) is 13.7. The second-order valence-electron chi connectivity index (χ2n) is 1.78. The van der Waals surface area contributed by atoms with Gasteiger partial charge in [0.05, 0.1) is 6.42 Å². The van der Waals surface area contributed by atoms with E-state index in [2.05, 4.69) is 5.32 Å². The maximum Gasteiger partial charge on any atom is 2.00 e. The summed E-state index contributed by atoms with van der Waals surface area (Å²) in [4.78, 5) is 20.1. The molecule has 0 fully saturated rings. The van der Waals surface area contributed by atoms with Crippen LogP contribution in [-0.2, 0) is 9.59 Å². The van der Waals surface area contributed by atoms with E-state index in [1.807, 2.05) is 0 Å². The number of nitrogens with one attached hydrogen (secondary N) is 1. The quantitative estimate of drug-likeness (QED) is 0.493. The number of carboxylic acid groups (broad SMARTS) is 2. The summed E-state index contributed by atoms with van der Waals surface area (Å²) in [7, 11) is 1.40. The largest absolute Gasteiger partial charge is 2.00 e. The van der Waals surface area contributed by atoms with Gasteiger partial charge in [-0.15, -0.1) is 0 Å². The fraction of sp³-hybridized carbons (Fsp3) is 0.600. The molecule has 0 rings (SSSR count). The van der Waals surface area contributed by atoms with Crippen molar-refractivity contribution in [1.82, 2.24) is 5.32 Å². The van der Waals surface area contributed by atoms with Crippen LogP contribution in [0.2, 0.25) is 0 Å². The minimum absolute atomic E-state index is 0. The van der Waals surface area contributed by atoms with Gasteiger partial charge in [0, 0.05) is 0 Å². The molecular weight excluding hydrogens is 178 g/mol. The van der Waals surface area contributed by atoms with Gasteiger partial charge in [0.15, 0.2) is 0 Å². The molecule has 0 spiro atoms. The molecule has 0 heterocycles. The van der Waals surface area contributed by atoms with Crippen molar-refractivity contribution in [3.05, 3.63) is 0 Å². The first-order valence-electron chi connectivity index (χ1n) is 2.69. The summed E-state index contributed by atoms with van der Waals surface area (Å²) in [6, 6.07) is -0.988. The summed E-state index contributed by atoms with van der Waals surface area (Å²) in [5.41, 5.74) is 0. The molecular formula is C5H11CaNO4. The van der Waals surface area contributed by atoms with Crippen molar-refractivity contribution >= 4 is 49.7 Å². The van der Waals surface area contributed by atoms with Crippen LogP contribution in [0.3, 0.4) is 0 Å². The van der Waals surface area contributed by atoms with Gasteiger partial charge < -0.3 is 18.4 Å². The first-order valence-corrected chi connectivity index (χ1v) is 2.69. The zero-order valence-corrected chi connectivity index (χ0v) is 8.41. The molecule has 0 aromatic rings. The summed E-state index contributed by atoms with van der Waals surface area (Å²) in [6.45, 7) is 0. The average molecular weight is 189 g/mol. The molecule has 3 N–H and O–H groups in total. The van der Waals surface area contributed by atoms with Crippen molar-refractivity contribution in [3.63, 3.8) is 0 Å². The Morgan fingerprint density at radius 1 is 1.55 bits per heavy atom. The van der Waals surface area contributed by atoms with E-state index in [1.54, 1.807) is 0 Å². The molecule has 0 aromatic heterocycles. The summed E-state index contributed by atoms with van der Waals surface area (Å²) < 4.78 is 0. The van der Waals surface area contributed by atoms with Crippen LogP contribution in [0.5, 0.6) is 0 Å². The Balaban J connectivity index is -0.000000135. The molecule has 5 nitrogen and oxygen atoms in total. The minimum atomic E-state index is -1.15. The Labute approximate surface area is 96.7 Å². The summed E-state index contributed by atoms with van der Waals surface area (Å²) in [6.07, 6.45) is -0.397. The van der Waals surface area contributed by atoms with Gasteiger partial charge >= 0.3 is 49.7 Å². The normalized spacial score (nSPS) is 11.4. The van der Waals surface area contributed by atoms with Crippen LogP contribution in [0.4, 0.5) is 0 Å². The molecule has 6 heteroatoms. The number of hydrogen-bond donors (Lipinski definition) is 3. The molecule has 0 saturated carbocycles. The third kappa shape index (κ3) is 6.55. The van der Waals surface area contributed by atoms with Crippen LogP contribution in [-0.4, -0.2) is 73.0 Å². The van der Waals surface area contributed by atoms with Gasteiger partial charge in [0.1, 0.15) is 6.04 Å². The second kappa shape index (κ2) is 6.84.